The van der Waals surface area contributed by atoms with E-state index in [9.17, 15) is 13.2 Å². The summed E-state index contributed by atoms with van der Waals surface area (Å²) in [4.78, 5) is 17.2. The normalized spacial score (nSPS) is 12.6. The molecule has 2 aromatic carbocycles. The third kappa shape index (κ3) is 5.58. The largest absolute Gasteiger partial charge is 0.316 e. The number of amides is 1. The highest BCUT2D eigenvalue weighted by Crippen LogP contribution is 2.22. The first-order chi connectivity index (χ1) is 13.8. The van der Waals surface area contributed by atoms with Gasteiger partial charge in [-0.15, -0.1) is 0 Å². The van der Waals surface area contributed by atoms with Gasteiger partial charge in [0.25, 0.3) is 5.91 Å². The van der Waals surface area contributed by atoms with Crippen LogP contribution in [-0.2, 0) is 26.9 Å². The maximum atomic E-state index is 12.5. The summed E-state index contributed by atoms with van der Waals surface area (Å²) in [7, 11) is -3.58. The molecule has 29 heavy (non-hydrogen) atoms. The average molecular weight is 449 g/mol. The molecule has 154 valence electrons. The molecule has 1 heterocycles. The lowest BCUT2D eigenvalue weighted by atomic mass is 10.1. The Balaban J connectivity index is 1.92. The van der Waals surface area contributed by atoms with E-state index < -0.39 is 21.5 Å². The van der Waals surface area contributed by atoms with E-state index in [1.54, 1.807) is 36.0 Å². The highest BCUT2D eigenvalue weighted by Gasteiger charge is 2.18. The number of carbonyl (C=O) groups is 1. The number of thiazole rings is 1. The van der Waals surface area contributed by atoms with E-state index in [1.807, 2.05) is 16.9 Å². The summed E-state index contributed by atoms with van der Waals surface area (Å²) in [5.41, 5.74) is 4.06. The maximum absolute atomic E-state index is 12.5. The van der Waals surface area contributed by atoms with Crippen molar-refractivity contribution in [2.75, 3.05) is 17.8 Å². The van der Waals surface area contributed by atoms with Gasteiger partial charge in [-0.3, -0.25) is 4.79 Å². The van der Waals surface area contributed by atoms with Crippen LogP contribution < -0.4 is 4.80 Å². The molecule has 1 amide bonds. The number of carbonyl (C=O) groups excluding carboxylic acids is 1. The molecule has 0 saturated heterocycles. The van der Waals surface area contributed by atoms with Gasteiger partial charge in [0.15, 0.2) is 14.6 Å². The molecule has 0 aliphatic heterocycles. The lowest BCUT2D eigenvalue weighted by Crippen LogP contribution is -2.22. The SMILES string of the molecule is CSCCn1c(=NC(=O)CS(=O)(=O)Cc2ccccc2)sc2cc(C)c(C)cc21. The van der Waals surface area contributed by atoms with Gasteiger partial charge >= 0.3 is 0 Å². The Morgan fingerprint density at radius 1 is 1.14 bits per heavy atom. The second kappa shape index (κ2) is 9.28. The summed E-state index contributed by atoms with van der Waals surface area (Å²) in [5.74, 6) is -0.492. The molecule has 0 saturated carbocycles. The fourth-order valence-electron chi connectivity index (χ4n) is 3.01. The minimum absolute atomic E-state index is 0.160. The molecule has 8 heteroatoms. The zero-order chi connectivity index (χ0) is 21.0. The van der Waals surface area contributed by atoms with Crippen LogP contribution in [0.2, 0.25) is 0 Å². The highest BCUT2D eigenvalue weighted by atomic mass is 32.2. The molecule has 1 aromatic heterocycles. The predicted molar refractivity (Wildman–Crippen MR) is 122 cm³/mol. The molecule has 5 nitrogen and oxygen atoms in total. The molecule has 0 aliphatic rings. The fourth-order valence-corrected chi connectivity index (χ4v) is 5.77. The number of rotatable bonds is 7. The monoisotopic (exact) mass is 448 g/mol. The van der Waals surface area contributed by atoms with Crippen LogP contribution >= 0.6 is 23.1 Å². The third-order valence-electron chi connectivity index (χ3n) is 4.61. The van der Waals surface area contributed by atoms with E-state index in [2.05, 4.69) is 31.0 Å². The summed E-state index contributed by atoms with van der Waals surface area (Å²) in [6.45, 7) is 4.83. The van der Waals surface area contributed by atoms with E-state index >= 15 is 0 Å². The van der Waals surface area contributed by atoms with Gasteiger partial charge in [0.1, 0.15) is 5.75 Å². The lowest BCUT2D eigenvalue weighted by Gasteiger charge is -2.06. The van der Waals surface area contributed by atoms with E-state index in [1.165, 1.54) is 22.5 Å². The molecule has 0 atom stereocenters. The van der Waals surface area contributed by atoms with Crippen LogP contribution in [0.4, 0.5) is 0 Å². The second-order valence-electron chi connectivity index (χ2n) is 6.96. The van der Waals surface area contributed by atoms with Crippen molar-refractivity contribution < 1.29 is 13.2 Å². The molecule has 3 rings (SSSR count). The molecule has 3 aromatic rings. The number of thioether (sulfide) groups is 1. The van der Waals surface area contributed by atoms with E-state index in [-0.39, 0.29) is 5.75 Å². The Morgan fingerprint density at radius 3 is 2.52 bits per heavy atom. The first-order valence-electron chi connectivity index (χ1n) is 9.20. The van der Waals surface area contributed by atoms with Gasteiger partial charge in [-0.2, -0.15) is 16.8 Å². The predicted octanol–water partition coefficient (Wildman–Crippen LogP) is 3.72. The van der Waals surface area contributed by atoms with Crippen LogP contribution in [0.15, 0.2) is 47.5 Å². The molecule has 0 radical (unpaired) electrons. The van der Waals surface area contributed by atoms with Crippen molar-refractivity contribution in [1.29, 1.82) is 0 Å². The Hall–Kier alpha value is -1.90. The molecular weight excluding hydrogens is 424 g/mol. The highest BCUT2D eigenvalue weighted by molar-refractivity contribution is 7.98. The van der Waals surface area contributed by atoms with Gasteiger partial charge in [-0.05, 0) is 48.9 Å². The van der Waals surface area contributed by atoms with Crippen molar-refractivity contribution in [3.63, 3.8) is 0 Å². The Bertz CT molecular complexity index is 1190. The van der Waals surface area contributed by atoms with Crippen LogP contribution in [0.5, 0.6) is 0 Å². The van der Waals surface area contributed by atoms with Crippen molar-refractivity contribution >= 4 is 49.1 Å². The van der Waals surface area contributed by atoms with Crippen molar-refractivity contribution in [1.82, 2.24) is 4.57 Å². The molecule has 0 aliphatic carbocycles. The van der Waals surface area contributed by atoms with Crippen molar-refractivity contribution in [3.8, 4) is 0 Å². The molecule has 0 N–H and O–H groups in total. The van der Waals surface area contributed by atoms with Gasteiger partial charge in [0, 0.05) is 12.3 Å². The van der Waals surface area contributed by atoms with Crippen molar-refractivity contribution in [2.45, 2.75) is 26.1 Å². The van der Waals surface area contributed by atoms with E-state index in [0.29, 0.717) is 16.9 Å². The molecule has 0 spiro atoms. The lowest BCUT2D eigenvalue weighted by molar-refractivity contribution is -0.115. The standard InChI is InChI=1S/C21H24N2O3S3/c1-15-11-18-19(12-16(15)2)28-21(23(18)9-10-27-3)22-20(24)14-29(25,26)13-17-7-5-4-6-8-17/h4-8,11-12H,9-10,13-14H2,1-3H3. The maximum Gasteiger partial charge on any atom is 0.263 e. The molecule has 0 bridgehead atoms. The van der Waals surface area contributed by atoms with Gasteiger partial charge in [-0.25, -0.2) is 8.42 Å². The van der Waals surface area contributed by atoms with Gasteiger partial charge in [0.05, 0.1) is 16.0 Å². The van der Waals surface area contributed by atoms with Crippen molar-refractivity contribution in [2.24, 2.45) is 4.99 Å². The topological polar surface area (TPSA) is 68.5 Å². The number of sulfone groups is 1. The molecule has 0 fully saturated rings. The van der Waals surface area contributed by atoms with Gasteiger partial charge in [0.2, 0.25) is 0 Å². The summed E-state index contributed by atoms with van der Waals surface area (Å²) >= 11 is 3.14. The number of aryl methyl sites for hydroxylation is 3. The minimum Gasteiger partial charge on any atom is -0.316 e. The zero-order valence-corrected chi connectivity index (χ0v) is 19.2. The third-order valence-corrected chi connectivity index (χ3v) is 7.70. The summed E-state index contributed by atoms with van der Waals surface area (Å²) in [6, 6.07) is 13.1. The van der Waals surface area contributed by atoms with E-state index in [4.69, 9.17) is 0 Å². The van der Waals surface area contributed by atoms with Gasteiger partial charge < -0.3 is 4.57 Å². The number of nitrogens with zero attached hydrogens (tertiary/aromatic N) is 2. The number of fused-ring (bicyclic) bond motifs is 1. The Kier molecular flexibility index (Phi) is 6.97. The molecule has 0 unspecified atom stereocenters. The number of hydrogen-bond acceptors (Lipinski definition) is 5. The van der Waals surface area contributed by atoms with Crippen LogP contribution in [0.1, 0.15) is 16.7 Å². The first-order valence-corrected chi connectivity index (χ1v) is 13.2. The first kappa shape index (κ1) is 21.8. The average Bonchev–Trinajstić information content (AvgIpc) is 2.96. The van der Waals surface area contributed by atoms with Crippen LogP contribution in [0.3, 0.4) is 0 Å². The quantitative estimate of drug-likeness (QED) is 0.552. The number of hydrogen-bond donors (Lipinski definition) is 0. The van der Waals surface area contributed by atoms with Crippen LogP contribution in [-0.4, -0.2) is 36.7 Å². The number of benzene rings is 2. The smallest absolute Gasteiger partial charge is 0.263 e. The Labute approximate surface area is 179 Å². The van der Waals surface area contributed by atoms with Crippen molar-refractivity contribution in [3.05, 3.63) is 64.0 Å². The van der Waals surface area contributed by atoms with Crippen LogP contribution in [0.25, 0.3) is 10.2 Å². The summed E-state index contributed by atoms with van der Waals surface area (Å²) < 4.78 is 27.9. The van der Waals surface area contributed by atoms with Crippen LogP contribution in [0, 0.1) is 13.8 Å². The zero-order valence-electron chi connectivity index (χ0n) is 16.7. The van der Waals surface area contributed by atoms with Gasteiger partial charge in [-0.1, -0.05) is 41.7 Å². The minimum atomic E-state index is -3.58. The summed E-state index contributed by atoms with van der Waals surface area (Å²) in [5, 5.41) is 0. The number of aromatic nitrogens is 1. The summed E-state index contributed by atoms with van der Waals surface area (Å²) in [6.07, 6.45) is 2.03. The molecular formula is C21H24N2O3S3. The van der Waals surface area contributed by atoms with E-state index in [0.717, 1.165) is 16.0 Å². The second-order valence-corrected chi connectivity index (χ2v) is 11.0. The fraction of sp³-hybridized carbons (Fsp3) is 0.333. The Morgan fingerprint density at radius 2 is 1.83 bits per heavy atom.